The van der Waals surface area contributed by atoms with E-state index in [-0.39, 0.29) is 5.88 Å². The molecule has 4 aromatic heterocycles. The number of hydrogen-bond acceptors (Lipinski definition) is 6. The van der Waals surface area contributed by atoms with E-state index in [4.69, 9.17) is 9.47 Å². The maximum absolute atomic E-state index is 10.5. The van der Waals surface area contributed by atoms with Crippen LogP contribution in [-0.2, 0) is 0 Å². The average Bonchev–Trinajstić information content (AvgIpc) is 3.29. The lowest BCUT2D eigenvalue weighted by atomic mass is 10.1. The van der Waals surface area contributed by atoms with E-state index in [1.54, 1.807) is 36.3 Å². The van der Waals surface area contributed by atoms with Crippen molar-refractivity contribution in [2.45, 2.75) is 0 Å². The third-order valence-corrected chi connectivity index (χ3v) is 4.63. The molecule has 0 unspecified atom stereocenters. The summed E-state index contributed by atoms with van der Waals surface area (Å²) in [6.07, 6.45) is 3.51. The van der Waals surface area contributed by atoms with Crippen molar-refractivity contribution in [3.63, 3.8) is 0 Å². The molecule has 0 saturated carbocycles. The lowest BCUT2D eigenvalue weighted by Crippen LogP contribution is -1.94. The molecule has 4 aromatic rings. The molecule has 0 bridgehead atoms. The maximum atomic E-state index is 10.5. The highest BCUT2D eigenvalue weighted by molar-refractivity contribution is 7.08. The van der Waals surface area contributed by atoms with Crippen molar-refractivity contribution in [2.24, 2.45) is 0 Å². The number of nitrogens with zero attached hydrogens (tertiary/aromatic N) is 3. The number of fused-ring (bicyclic) bond motifs is 1. The van der Waals surface area contributed by atoms with Gasteiger partial charge in [-0.3, -0.25) is 4.57 Å². The number of methoxy groups -OCH3 is 2. The van der Waals surface area contributed by atoms with Gasteiger partial charge in [-0.25, -0.2) is 9.97 Å². The normalized spacial score (nSPS) is 11.0. The van der Waals surface area contributed by atoms with E-state index in [1.165, 1.54) is 0 Å². The minimum Gasteiger partial charge on any atom is -0.494 e. The number of aromatic nitrogens is 3. The van der Waals surface area contributed by atoms with Crippen molar-refractivity contribution in [3.05, 3.63) is 47.4 Å². The molecule has 0 aliphatic heterocycles. The highest BCUT2D eigenvalue weighted by Crippen LogP contribution is 2.33. The molecule has 0 fully saturated rings. The zero-order valence-corrected chi connectivity index (χ0v) is 14.4. The molecule has 0 saturated heterocycles. The fourth-order valence-electron chi connectivity index (χ4n) is 2.70. The first-order valence-corrected chi connectivity index (χ1v) is 8.47. The molecular weight excluding hydrogens is 338 g/mol. The van der Waals surface area contributed by atoms with Gasteiger partial charge in [0.1, 0.15) is 0 Å². The number of hydrogen-bond donors (Lipinski definition) is 1. The fourth-order valence-corrected chi connectivity index (χ4v) is 3.33. The second-order valence-electron chi connectivity index (χ2n) is 5.37. The maximum Gasteiger partial charge on any atom is 0.256 e. The fraction of sp³-hybridized carbons (Fsp3) is 0.111. The average molecular weight is 353 g/mol. The van der Waals surface area contributed by atoms with E-state index in [9.17, 15) is 5.11 Å². The summed E-state index contributed by atoms with van der Waals surface area (Å²) in [6, 6.07) is 7.48. The SMILES string of the molecule is COc1cc(-c2ccc3c(O)n(-c4ccsc4)cc3n2)cnc1OC. The van der Waals surface area contributed by atoms with Crippen LogP contribution in [0.3, 0.4) is 0 Å². The molecule has 0 radical (unpaired) electrons. The van der Waals surface area contributed by atoms with Crippen molar-refractivity contribution >= 4 is 22.2 Å². The van der Waals surface area contributed by atoms with Gasteiger partial charge in [0.2, 0.25) is 5.88 Å². The van der Waals surface area contributed by atoms with Crippen LogP contribution in [0.15, 0.2) is 47.4 Å². The molecule has 4 heterocycles. The van der Waals surface area contributed by atoms with Crippen LogP contribution in [0.2, 0.25) is 0 Å². The quantitative estimate of drug-likeness (QED) is 0.603. The van der Waals surface area contributed by atoms with Crippen LogP contribution in [0.5, 0.6) is 17.5 Å². The summed E-state index contributed by atoms with van der Waals surface area (Å²) in [7, 11) is 3.11. The van der Waals surface area contributed by atoms with Gasteiger partial charge in [0.25, 0.3) is 5.88 Å². The second kappa shape index (κ2) is 6.10. The lowest BCUT2D eigenvalue weighted by Gasteiger charge is -2.08. The largest absolute Gasteiger partial charge is 0.494 e. The Balaban J connectivity index is 1.82. The molecule has 0 spiro atoms. The molecule has 0 aliphatic rings. The Bertz CT molecular complexity index is 1040. The van der Waals surface area contributed by atoms with Gasteiger partial charge in [-0.1, -0.05) is 0 Å². The standard InChI is InChI=1S/C18H15N3O3S/c1-23-16-7-11(8-19-17(16)24-2)14-4-3-13-15(20-14)9-21(18(13)22)12-5-6-25-10-12/h3-10,22H,1-2H3. The predicted octanol–water partition coefficient (Wildman–Crippen LogP) is 3.87. The first kappa shape index (κ1) is 15.5. The first-order chi connectivity index (χ1) is 12.2. The van der Waals surface area contributed by atoms with Crippen molar-refractivity contribution in [2.75, 3.05) is 14.2 Å². The summed E-state index contributed by atoms with van der Waals surface area (Å²) in [5.41, 5.74) is 3.16. The predicted molar refractivity (Wildman–Crippen MR) is 96.9 cm³/mol. The Morgan fingerprint density at radius 3 is 2.76 bits per heavy atom. The summed E-state index contributed by atoms with van der Waals surface area (Å²) < 4.78 is 12.2. The van der Waals surface area contributed by atoms with Gasteiger partial charge >= 0.3 is 0 Å². The van der Waals surface area contributed by atoms with Gasteiger partial charge in [0, 0.05) is 23.3 Å². The molecule has 7 heteroatoms. The molecule has 0 aromatic carbocycles. The molecule has 126 valence electrons. The van der Waals surface area contributed by atoms with Crippen LogP contribution in [0, 0.1) is 0 Å². The summed E-state index contributed by atoms with van der Waals surface area (Å²) in [6.45, 7) is 0. The van der Waals surface area contributed by atoms with E-state index < -0.39 is 0 Å². The van der Waals surface area contributed by atoms with Crippen molar-refractivity contribution < 1.29 is 14.6 Å². The minimum absolute atomic E-state index is 0.179. The van der Waals surface area contributed by atoms with Crippen LogP contribution in [-0.4, -0.2) is 33.9 Å². The second-order valence-corrected chi connectivity index (χ2v) is 6.15. The summed E-state index contributed by atoms with van der Waals surface area (Å²) in [5, 5.41) is 15.1. The molecule has 0 atom stereocenters. The van der Waals surface area contributed by atoms with Gasteiger partial charge in [-0.05, 0) is 29.6 Å². The topological polar surface area (TPSA) is 69.4 Å². The van der Waals surface area contributed by atoms with Crippen molar-refractivity contribution in [1.82, 2.24) is 14.5 Å². The molecule has 0 amide bonds. The van der Waals surface area contributed by atoms with Gasteiger partial charge in [-0.2, -0.15) is 11.3 Å². The lowest BCUT2D eigenvalue weighted by molar-refractivity contribution is 0.343. The van der Waals surface area contributed by atoms with Crippen molar-refractivity contribution in [3.8, 4) is 34.5 Å². The van der Waals surface area contributed by atoms with Crippen LogP contribution in [0.4, 0.5) is 0 Å². The van der Waals surface area contributed by atoms with E-state index in [1.807, 2.05) is 41.2 Å². The van der Waals surface area contributed by atoms with Gasteiger partial charge in [0.05, 0.1) is 36.5 Å². The van der Waals surface area contributed by atoms with Gasteiger partial charge < -0.3 is 14.6 Å². The van der Waals surface area contributed by atoms with E-state index in [0.29, 0.717) is 22.5 Å². The molecule has 0 aliphatic carbocycles. The molecular formula is C18H15N3O3S. The molecule has 4 rings (SSSR count). The zero-order chi connectivity index (χ0) is 17.4. The van der Waals surface area contributed by atoms with E-state index in [2.05, 4.69) is 9.97 Å². The Kier molecular flexibility index (Phi) is 3.77. The number of rotatable bonds is 4. The van der Waals surface area contributed by atoms with Crippen LogP contribution in [0.1, 0.15) is 0 Å². The van der Waals surface area contributed by atoms with E-state index >= 15 is 0 Å². The van der Waals surface area contributed by atoms with Gasteiger partial charge in [-0.15, -0.1) is 0 Å². The Morgan fingerprint density at radius 2 is 2.04 bits per heavy atom. The van der Waals surface area contributed by atoms with Crippen molar-refractivity contribution in [1.29, 1.82) is 0 Å². The van der Waals surface area contributed by atoms with E-state index in [0.717, 1.165) is 16.9 Å². The number of thiophene rings is 1. The number of ether oxygens (including phenoxy) is 2. The smallest absolute Gasteiger partial charge is 0.256 e. The molecule has 6 nitrogen and oxygen atoms in total. The highest BCUT2D eigenvalue weighted by atomic mass is 32.1. The monoisotopic (exact) mass is 353 g/mol. The summed E-state index contributed by atoms with van der Waals surface area (Å²) in [5.74, 6) is 1.15. The molecule has 1 N–H and O–H groups in total. The van der Waals surface area contributed by atoms with Crippen LogP contribution >= 0.6 is 11.3 Å². The zero-order valence-electron chi connectivity index (χ0n) is 13.6. The van der Waals surface area contributed by atoms with Crippen LogP contribution in [0.25, 0.3) is 27.8 Å². The third-order valence-electron chi connectivity index (χ3n) is 3.96. The first-order valence-electron chi connectivity index (χ1n) is 7.53. The Hall–Kier alpha value is -3.06. The Morgan fingerprint density at radius 1 is 1.16 bits per heavy atom. The Labute approximate surface area is 147 Å². The molecule has 25 heavy (non-hydrogen) atoms. The van der Waals surface area contributed by atoms with Crippen LogP contribution < -0.4 is 9.47 Å². The third kappa shape index (κ3) is 2.58. The number of pyridine rings is 2. The number of aromatic hydroxyl groups is 1. The van der Waals surface area contributed by atoms with Gasteiger partial charge in [0.15, 0.2) is 5.75 Å². The minimum atomic E-state index is 0.179. The summed E-state index contributed by atoms with van der Waals surface area (Å²) in [4.78, 5) is 8.90. The summed E-state index contributed by atoms with van der Waals surface area (Å²) >= 11 is 1.57. The highest BCUT2D eigenvalue weighted by Gasteiger charge is 2.14.